The van der Waals surface area contributed by atoms with Crippen LogP contribution in [0.25, 0.3) is 10.9 Å². The number of benzene rings is 1. The molecule has 37 heavy (non-hydrogen) atoms. The van der Waals surface area contributed by atoms with Crippen molar-refractivity contribution in [2.75, 3.05) is 26.0 Å². The molecule has 1 aliphatic rings. The van der Waals surface area contributed by atoms with E-state index in [-0.39, 0.29) is 35.7 Å². The Morgan fingerprint density at radius 2 is 1.89 bits per heavy atom. The zero-order chi connectivity index (χ0) is 26.9. The van der Waals surface area contributed by atoms with Gasteiger partial charge >= 0.3 is 0 Å². The minimum atomic E-state index is -3.18. The van der Waals surface area contributed by atoms with Gasteiger partial charge in [0.1, 0.15) is 5.75 Å². The molecule has 200 valence electrons. The lowest BCUT2D eigenvalue weighted by molar-refractivity contribution is 0.0951. The van der Waals surface area contributed by atoms with E-state index >= 15 is 0 Å². The number of aromatic nitrogens is 2. The summed E-state index contributed by atoms with van der Waals surface area (Å²) in [4.78, 5) is 28.7. The molecule has 3 aromatic rings. The maximum absolute atomic E-state index is 13.5. The Hall–Kier alpha value is -3.11. The number of nitrogens with zero attached hydrogens (tertiary/aromatic N) is 2. The number of carbonyl (C=O) groups excluding carboxylic acids is 1. The van der Waals surface area contributed by atoms with Gasteiger partial charge in [-0.1, -0.05) is 18.2 Å². The van der Waals surface area contributed by atoms with Crippen LogP contribution in [0.1, 0.15) is 60.0 Å². The Morgan fingerprint density at radius 1 is 1.22 bits per heavy atom. The molecule has 9 nitrogen and oxygen atoms in total. The second-order valence-electron chi connectivity index (χ2n) is 9.74. The molecule has 0 bridgehead atoms. The summed E-state index contributed by atoms with van der Waals surface area (Å²) in [6, 6.07) is 9.64. The van der Waals surface area contributed by atoms with Crippen molar-refractivity contribution in [2.24, 2.45) is 5.92 Å². The lowest BCUT2D eigenvalue weighted by Crippen LogP contribution is -2.40. The number of nitrogens with one attached hydrogen (secondary N) is 2. The lowest BCUT2D eigenvalue weighted by atomic mass is 9.91. The maximum Gasteiger partial charge on any atom is 0.256 e. The number of hydrogen-bond acceptors (Lipinski definition) is 5. The van der Waals surface area contributed by atoms with Crippen LogP contribution in [-0.2, 0) is 16.6 Å². The van der Waals surface area contributed by atoms with Crippen LogP contribution in [0.2, 0.25) is 0 Å². The van der Waals surface area contributed by atoms with E-state index in [1.54, 1.807) is 24.2 Å². The van der Waals surface area contributed by atoms with Crippen molar-refractivity contribution >= 4 is 26.8 Å². The molecule has 2 N–H and O–H groups in total. The van der Waals surface area contributed by atoms with Crippen LogP contribution in [-0.4, -0.2) is 54.1 Å². The first-order chi connectivity index (χ1) is 17.6. The Kier molecular flexibility index (Phi) is 7.80. The minimum absolute atomic E-state index is 0.0382. The Balaban J connectivity index is 1.61. The monoisotopic (exact) mass is 528 g/mol. The third kappa shape index (κ3) is 5.17. The van der Waals surface area contributed by atoms with Gasteiger partial charge in [-0.15, -0.1) is 0 Å². The largest absolute Gasteiger partial charge is 0.496 e. The maximum atomic E-state index is 13.5. The number of H-pyrrole nitrogens is 1. The number of amides is 1. The van der Waals surface area contributed by atoms with E-state index in [0.717, 1.165) is 29.4 Å². The SMILES string of the molecule is CCS(=O)(=O)N1CCC([C@@H](C)n2c(C)c(C(=O)NCc3c(OC)cc(C)[nH]c3=O)c3ccccc32)CC1. The second-order valence-corrected chi connectivity index (χ2v) is 12.0. The zero-order valence-electron chi connectivity index (χ0n) is 22.1. The number of sulfonamides is 1. The number of aromatic amines is 1. The summed E-state index contributed by atoms with van der Waals surface area (Å²) in [5.41, 5.74) is 3.15. The van der Waals surface area contributed by atoms with Crippen molar-refractivity contribution < 1.29 is 17.9 Å². The van der Waals surface area contributed by atoms with Gasteiger partial charge in [0, 0.05) is 41.4 Å². The molecule has 1 aliphatic heterocycles. The topological polar surface area (TPSA) is 114 Å². The number of hydrogen-bond donors (Lipinski definition) is 2. The minimum Gasteiger partial charge on any atom is -0.496 e. The van der Waals surface area contributed by atoms with Gasteiger partial charge < -0.3 is 19.6 Å². The van der Waals surface area contributed by atoms with Crippen molar-refractivity contribution in [3.8, 4) is 5.75 Å². The Bertz CT molecular complexity index is 1470. The van der Waals surface area contributed by atoms with Crippen LogP contribution >= 0.6 is 0 Å². The number of rotatable bonds is 8. The van der Waals surface area contributed by atoms with E-state index in [4.69, 9.17) is 4.74 Å². The number of aryl methyl sites for hydroxylation is 1. The van der Waals surface area contributed by atoms with Crippen molar-refractivity contribution in [2.45, 2.75) is 53.1 Å². The highest BCUT2D eigenvalue weighted by atomic mass is 32.2. The molecule has 1 saturated heterocycles. The van der Waals surface area contributed by atoms with Gasteiger partial charge in [0.2, 0.25) is 10.0 Å². The summed E-state index contributed by atoms with van der Waals surface area (Å²) >= 11 is 0. The fraction of sp³-hybridized carbons (Fsp3) is 0.481. The van der Waals surface area contributed by atoms with Crippen LogP contribution in [0.5, 0.6) is 5.75 Å². The van der Waals surface area contributed by atoms with E-state index in [0.29, 0.717) is 35.7 Å². The molecule has 4 rings (SSSR count). The molecule has 3 heterocycles. The molecule has 1 fully saturated rings. The Labute approximate surface area is 217 Å². The van der Waals surface area contributed by atoms with Gasteiger partial charge in [-0.3, -0.25) is 9.59 Å². The van der Waals surface area contributed by atoms with Gasteiger partial charge in [-0.2, -0.15) is 0 Å². The molecular weight excluding hydrogens is 492 g/mol. The highest BCUT2D eigenvalue weighted by molar-refractivity contribution is 7.89. The third-order valence-electron chi connectivity index (χ3n) is 7.60. The second kappa shape index (κ2) is 10.7. The lowest BCUT2D eigenvalue weighted by Gasteiger charge is -2.35. The third-order valence-corrected chi connectivity index (χ3v) is 9.49. The van der Waals surface area contributed by atoms with Crippen LogP contribution < -0.4 is 15.6 Å². The molecule has 0 unspecified atom stereocenters. The van der Waals surface area contributed by atoms with Crippen LogP contribution in [0.4, 0.5) is 0 Å². The molecule has 1 atom stereocenters. The summed E-state index contributed by atoms with van der Waals surface area (Å²) in [7, 11) is -1.68. The average Bonchev–Trinajstić information content (AvgIpc) is 3.18. The van der Waals surface area contributed by atoms with Gasteiger partial charge in [0.25, 0.3) is 11.5 Å². The molecule has 1 aromatic carbocycles. The summed E-state index contributed by atoms with van der Waals surface area (Å²) < 4.78 is 33.8. The molecule has 2 aromatic heterocycles. The molecular formula is C27H36N4O5S. The first-order valence-corrected chi connectivity index (χ1v) is 14.3. The highest BCUT2D eigenvalue weighted by Crippen LogP contribution is 2.36. The molecule has 0 radical (unpaired) electrons. The van der Waals surface area contributed by atoms with Crippen LogP contribution in [0.3, 0.4) is 0 Å². The van der Waals surface area contributed by atoms with Gasteiger partial charge in [-0.25, -0.2) is 12.7 Å². The van der Waals surface area contributed by atoms with E-state index in [2.05, 4.69) is 21.8 Å². The van der Waals surface area contributed by atoms with Gasteiger partial charge in [0.15, 0.2) is 0 Å². The number of pyridine rings is 1. The summed E-state index contributed by atoms with van der Waals surface area (Å²) in [5.74, 6) is 0.577. The smallest absolute Gasteiger partial charge is 0.256 e. The van der Waals surface area contributed by atoms with Crippen molar-refractivity contribution in [1.82, 2.24) is 19.2 Å². The average molecular weight is 529 g/mol. The number of ether oxygens (including phenoxy) is 1. The van der Waals surface area contributed by atoms with Crippen molar-refractivity contribution in [3.63, 3.8) is 0 Å². The number of carbonyl (C=O) groups is 1. The van der Waals surface area contributed by atoms with E-state index in [1.165, 1.54) is 7.11 Å². The summed E-state index contributed by atoms with van der Waals surface area (Å²) in [6.07, 6.45) is 1.54. The quantitative estimate of drug-likeness (QED) is 0.465. The van der Waals surface area contributed by atoms with E-state index in [9.17, 15) is 18.0 Å². The van der Waals surface area contributed by atoms with Crippen LogP contribution in [0, 0.1) is 19.8 Å². The normalized spacial score (nSPS) is 16.1. The Morgan fingerprint density at radius 3 is 2.54 bits per heavy atom. The fourth-order valence-electron chi connectivity index (χ4n) is 5.53. The summed E-state index contributed by atoms with van der Waals surface area (Å²) in [5, 5.41) is 3.77. The molecule has 0 saturated carbocycles. The van der Waals surface area contributed by atoms with Crippen LogP contribution in [0.15, 0.2) is 35.1 Å². The number of methoxy groups -OCH3 is 1. The number of piperidine rings is 1. The van der Waals surface area contributed by atoms with Gasteiger partial charge in [0.05, 0.1) is 30.5 Å². The van der Waals surface area contributed by atoms with E-state index < -0.39 is 10.0 Å². The number of para-hydroxylation sites is 1. The van der Waals surface area contributed by atoms with Crippen molar-refractivity contribution in [1.29, 1.82) is 0 Å². The highest BCUT2D eigenvalue weighted by Gasteiger charge is 2.32. The first-order valence-electron chi connectivity index (χ1n) is 12.7. The van der Waals surface area contributed by atoms with Crippen molar-refractivity contribution in [3.05, 3.63) is 63.2 Å². The van der Waals surface area contributed by atoms with Gasteiger partial charge in [-0.05, 0) is 58.6 Å². The molecule has 10 heteroatoms. The van der Waals surface area contributed by atoms with E-state index in [1.807, 2.05) is 31.2 Å². The predicted octanol–water partition coefficient (Wildman–Crippen LogP) is 3.51. The first kappa shape index (κ1) is 26.9. The molecule has 1 amide bonds. The number of fused-ring (bicyclic) bond motifs is 1. The fourth-order valence-corrected chi connectivity index (χ4v) is 6.66. The predicted molar refractivity (Wildman–Crippen MR) is 145 cm³/mol. The summed E-state index contributed by atoms with van der Waals surface area (Å²) in [6.45, 7) is 8.62. The zero-order valence-corrected chi connectivity index (χ0v) is 22.9. The standard InChI is InChI=1S/C27H36N4O5S/c1-6-37(34,35)30-13-11-20(12-14-30)18(3)31-19(4)25(21-9-7-8-10-23(21)31)27(33)28-16-22-24(36-5)15-17(2)29-26(22)32/h7-10,15,18,20H,6,11-14,16H2,1-5H3,(H,28,33)(H,29,32)/t18-/m1/s1. The molecule has 0 spiro atoms. The molecule has 0 aliphatic carbocycles.